The van der Waals surface area contributed by atoms with E-state index in [1.54, 1.807) is 6.07 Å². The van der Waals surface area contributed by atoms with Gasteiger partial charge in [-0.3, -0.25) is 9.59 Å². The number of rotatable bonds is 6. The topological polar surface area (TPSA) is 82.2 Å². The molecule has 2 aromatic rings. The average molecular weight is 288 g/mol. The summed E-state index contributed by atoms with van der Waals surface area (Å²) in [5.74, 6) is -0.209. The minimum absolute atomic E-state index is 0.0440. The third-order valence-electron chi connectivity index (χ3n) is 3.45. The van der Waals surface area contributed by atoms with Crippen molar-refractivity contribution in [3.05, 3.63) is 46.2 Å². The number of benzene rings is 1. The second kappa shape index (κ2) is 7.04. The minimum atomic E-state index is -0.394. The highest BCUT2D eigenvalue weighted by Gasteiger charge is 2.09. The molecule has 0 saturated heterocycles. The Kier molecular flexibility index (Phi) is 5.11. The van der Waals surface area contributed by atoms with Crippen molar-refractivity contribution in [1.82, 2.24) is 10.3 Å². The van der Waals surface area contributed by atoms with Crippen LogP contribution >= 0.6 is 0 Å². The van der Waals surface area contributed by atoms with Gasteiger partial charge in [0.05, 0.1) is 12.5 Å². The Hall–Kier alpha value is -2.14. The van der Waals surface area contributed by atoms with Crippen molar-refractivity contribution in [2.45, 2.75) is 32.3 Å². The van der Waals surface area contributed by atoms with E-state index in [4.69, 9.17) is 0 Å². The quantitative estimate of drug-likeness (QED) is 0.750. The summed E-state index contributed by atoms with van der Waals surface area (Å²) in [6.45, 7) is 2.31. The summed E-state index contributed by atoms with van der Waals surface area (Å²) in [4.78, 5) is 26.5. The Labute approximate surface area is 123 Å². The lowest BCUT2D eigenvalue weighted by molar-refractivity contribution is -0.120. The molecule has 3 N–H and O–H groups in total. The minimum Gasteiger partial charge on any atom is -0.393 e. The van der Waals surface area contributed by atoms with E-state index in [9.17, 15) is 14.7 Å². The van der Waals surface area contributed by atoms with Crippen LogP contribution in [0.4, 0.5) is 0 Å². The molecule has 2 rings (SSSR count). The van der Waals surface area contributed by atoms with Crippen LogP contribution in [0.3, 0.4) is 0 Å². The number of nitrogens with one attached hydrogen (secondary N) is 2. The molecule has 0 aliphatic heterocycles. The molecule has 0 fully saturated rings. The van der Waals surface area contributed by atoms with E-state index >= 15 is 0 Å². The van der Waals surface area contributed by atoms with Gasteiger partial charge in [-0.1, -0.05) is 25.1 Å². The standard InChI is InChI=1S/C16H20N2O3/c1-2-13(19)7-8-17-15(20)10-12-9-11-5-3-4-6-14(11)18-16(12)21/h3-6,9,13,19H,2,7-8,10H2,1H3,(H,17,20)(H,18,21). The number of para-hydroxylation sites is 1. The summed E-state index contributed by atoms with van der Waals surface area (Å²) < 4.78 is 0. The number of amides is 1. The van der Waals surface area contributed by atoms with Crippen LogP contribution < -0.4 is 10.9 Å². The Bertz CT molecular complexity index is 679. The highest BCUT2D eigenvalue weighted by Crippen LogP contribution is 2.10. The molecule has 0 aliphatic carbocycles. The fraction of sp³-hybridized carbons (Fsp3) is 0.375. The molecular weight excluding hydrogens is 268 g/mol. The number of hydrogen-bond acceptors (Lipinski definition) is 3. The molecular formula is C16H20N2O3. The van der Waals surface area contributed by atoms with Crippen molar-refractivity contribution >= 4 is 16.8 Å². The maximum atomic E-state index is 11.9. The van der Waals surface area contributed by atoms with E-state index in [1.165, 1.54) is 0 Å². The highest BCUT2D eigenvalue weighted by molar-refractivity contribution is 5.82. The largest absolute Gasteiger partial charge is 0.393 e. The fourth-order valence-corrected chi connectivity index (χ4v) is 2.14. The molecule has 1 amide bonds. The molecule has 112 valence electrons. The van der Waals surface area contributed by atoms with Crippen LogP contribution in [-0.2, 0) is 11.2 Å². The highest BCUT2D eigenvalue weighted by atomic mass is 16.3. The van der Waals surface area contributed by atoms with Crippen LogP contribution in [0.1, 0.15) is 25.3 Å². The Morgan fingerprint density at radius 2 is 2.14 bits per heavy atom. The normalized spacial score (nSPS) is 12.3. The second-order valence-electron chi connectivity index (χ2n) is 5.09. The maximum Gasteiger partial charge on any atom is 0.252 e. The first kappa shape index (κ1) is 15.3. The number of hydrogen-bond donors (Lipinski definition) is 3. The third kappa shape index (κ3) is 4.16. The van der Waals surface area contributed by atoms with E-state index in [2.05, 4.69) is 10.3 Å². The van der Waals surface area contributed by atoms with E-state index in [-0.39, 0.29) is 17.9 Å². The van der Waals surface area contributed by atoms with Crippen molar-refractivity contribution in [2.75, 3.05) is 6.54 Å². The van der Waals surface area contributed by atoms with Crippen molar-refractivity contribution in [3.8, 4) is 0 Å². The van der Waals surface area contributed by atoms with Gasteiger partial charge in [0.1, 0.15) is 0 Å². The maximum absolute atomic E-state index is 11.9. The lowest BCUT2D eigenvalue weighted by atomic mass is 10.1. The summed E-state index contributed by atoms with van der Waals surface area (Å²) in [7, 11) is 0. The molecule has 21 heavy (non-hydrogen) atoms. The number of aliphatic hydroxyl groups excluding tert-OH is 1. The SMILES string of the molecule is CCC(O)CCNC(=O)Cc1cc2ccccc2[nH]c1=O. The van der Waals surface area contributed by atoms with Gasteiger partial charge in [-0.25, -0.2) is 0 Å². The predicted octanol–water partition coefficient (Wildman–Crippen LogP) is 1.35. The van der Waals surface area contributed by atoms with Gasteiger partial charge in [0.15, 0.2) is 0 Å². The molecule has 1 aromatic heterocycles. The van der Waals surface area contributed by atoms with E-state index < -0.39 is 6.10 Å². The van der Waals surface area contributed by atoms with Crippen LogP contribution in [0.2, 0.25) is 0 Å². The van der Waals surface area contributed by atoms with Crippen molar-refractivity contribution in [1.29, 1.82) is 0 Å². The van der Waals surface area contributed by atoms with Crippen molar-refractivity contribution in [3.63, 3.8) is 0 Å². The molecule has 1 atom stereocenters. The molecule has 0 radical (unpaired) electrons. The summed E-state index contributed by atoms with van der Waals surface area (Å²) in [5.41, 5.74) is 0.970. The predicted molar refractivity (Wildman–Crippen MR) is 82.2 cm³/mol. The molecule has 5 nitrogen and oxygen atoms in total. The second-order valence-corrected chi connectivity index (χ2v) is 5.09. The first-order chi connectivity index (χ1) is 10.1. The molecule has 5 heteroatoms. The van der Waals surface area contributed by atoms with E-state index in [0.717, 1.165) is 10.9 Å². The summed E-state index contributed by atoms with van der Waals surface area (Å²) in [6, 6.07) is 9.20. The molecule has 1 heterocycles. The van der Waals surface area contributed by atoms with Crippen molar-refractivity contribution in [2.24, 2.45) is 0 Å². The Balaban J connectivity index is 2.00. The number of aromatic nitrogens is 1. The molecule has 1 unspecified atom stereocenters. The van der Waals surface area contributed by atoms with E-state index in [1.807, 2.05) is 31.2 Å². The molecule has 0 bridgehead atoms. The van der Waals surface area contributed by atoms with Gasteiger partial charge in [0, 0.05) is 17.6 Å². The van der Waals surface area contributed by atoms with Gasteiger partial charge < -0.3 is 15.4 Å². The van der Waals surface area contributed by atoms with Gasteiger partial charge in [0.2, 0.25) is 5.91 Å². The molecule has 0 saturated carbocycles. The summed E-state index contributed by atoms with van der Waals surface area (Å²) >= 11 is 0. The Morgan fingerprint density at radius 1 is 1.38 bits per heavy atom. The lowest BCUT2D eigenvalue weighted by Gasteiger charge is -2.09. The molecule has 1 aromatic carbocycles. The third-order valence-corrected chi connectivity index (χ3v) is 3.45. The smallest absolute Gasteiger partial charge is 0.252 e. The number of pyridine rings is 1. The number of aromatic amines is 1. The van der Waals surface area contributed by atoms with Crippen LogP contribution in [0.25, 0.3) is 10.9 Å². The van der Waals surface area contributed by atoms with Crippen LogP contribution in [0.15, 0.2) is 35.1 Å². The van der Waals surface area contributed by atoms with Crippen LogP contribution in [0, 0.1) is 0 Å². The van der Waals surface area contributed by atoms with Crippen molar-refractivity contribution < 1.29 is 9.90 Å². The average Bonchev–Trinajstić information content (AvgIpc) is 2.47. The van der Waals surface area contributed by atoms with Gasteiger partial charge in [-0.15, -0.1) is 0 Å². The van der Waals surface area contributed by atoms with Gasteiger partial charge in [-0.2, -0.15) is 0 Å². The number of carbonyl (C=O) groups is 1. The summed E-state index contributed by atoms with van der Waals surface area (Å²) in [5, 5.41) is 13.0. The molecule has 0 spiro atoms. The first-order valence-corrected chi connectivity index (χ1v) is 7.16. The zero-order valence-corrected chi connectivity index (χ0v) is 12.1. The van der Waals surface area contributed by atoms with Gasteiger partial charge >= 0.3 is 0 Å². The summed E-state index contributed by atoms with van der Waals surface area (Å²) in [6.07, 6.45) is 0.841. The number of H-pyrrole nitrogens is 1. The Morgan fingerprint density at radius 3 is 2.90 bits per heavy atom. The zero-order valence-electron chi connectivity index (χ0n) is 12.1. The van der Waals surface area contributed by atoms with Gasteiger partial charge in [-0.05, 0) is 30.4 Å². The van der Waals surface area contributed by atoms with Crippen LogP contribution in [-0.4, -0.2) is 28.6 Å². The monoisotopic (exact) mass is 288 g/mol. The number of fused-ring (bicyclic) bond motifs is 1. The first-order valence-electron chi connectivity index (χ1n) is 7.16. The van der Waals surface area contributed by atoms with E-state index in [0.29, 0.717) is 24.9 Å². The van der Waals surface area contributed by atoms with Crippen LogP contribution in [0.5, 0.6) is 0 Å². The molecule has 0 aliphatic rings. The lowest BCUT2D eigenvalue weighted by Crippen LogP contribution is -2.30. The number of carbonyl (C=O) groups excluding carboxylic acids is 1. The van der Waals surface area contributed by atoms with Gasteiger partial charge in [0.25, 0.3) is 5.56 Å². The number of aliphatic hydroxyl groups is 1. The fourth-order valence-electron chi connectivity index (χ4n) is 2.14. The zero-order chi connectivity index (χ0) is 15.2.